The summed E-state index contributed by atoms with van der Waals surface area (Å²) in [7, 11) is 0. The summed E-state index contributed by atoms with van der Waals surface area (Å²) in [5.41, 5.74) is 4.65. The van der Waals surface area contributed by atoms with E-state index < -0.39 is 0 Å². The molecule has 5 unspecified atom stereocenters. The van der Waals surface area contributed by atoms with Gasteiger partial charge in [-0.25, -0.2) is 0 Å². The summed E-state index contributed by atoms with van der Waals surface area (Å²) < 4.78 is 0. The third kappa shape index (κ3) is 1.54. The predicted octanol–water partition coefficient (Wildman–Crippen LogP) is 5.90. The quantitative estimate of drug-likeness (QED) is 0.481. The molecular formula is C20H30. The average molecular weight is 270 g/mol. The van der Waals surface area contributed by atoms with Crippen molar-refractivity contribution >= 4 is 0 Å². The first kappa shape index (κ1) is 13.2. The van der Waals surface area contributed by atoms with Crippen molar-refractivity contribution in [3.63, 3.8) is 0 Å². The Labute approximate surface area is 124 Å². The summed E-state index contributed by atoms with van der Waals surface area (Å²) in [5, 5.41) is 0. The number of hydrogen-bond donors (Lipinski definition) is 0. The second-order valence-electron chi connectivity index (χ2n) is 8.55. The molecule has 0 N–H and O–H groups in total. The maximum Gasteiger partial charge on any atom is -0.00850 e. The van der Waals surface area contributed by atoms with E-state index in [-0.39, 0.29) is 0 Å². The normalized spacial score (nSPS) is 50.6. The van der Waals surface area contributed by atoms with E-state index in [0.717, 1.165) is 17.8 Å². The van der Waals surface area contributed by atoms with E-state index in [0.29, 0.717) is 10.8 Å². The second kappa shape index (κ2) is 4.24. The summed E-state index contributed by atoms with van der Waals surface area (Å²) in [4.78, 5) is 0. The van der Waals surface area contributed by atoms with Crippen LogP contribution in [0.25, 0.3) is 0 Å². The van der Waals surface area contributed by atoms with Gasteiger partial charge < -0.3 is 0 Å². The molecule has 0 radical (unpaired) electrons. The van der Waals surface area contributed by atoms with Crippen LogP contribution in [0, 0.1) is 28.6 Å². The van der Waals surface area contributed by atoms with E-state index in [1.165, 1.54) is 51.4 Å². The highest BCUT2D eigenvalue weighted by Crippen LogP contribution is 2.64. The molecule has 2 saturated carbocycles. The van der Waals surface area contributed by atoms with Gasteiger partial charge in [0.2, 0.25) is 0 Å². The molecule has 20 heavy (non-hydrogen) atoms. The molecule has 0 saturated heterocycles. The summed E-state index contributed by atoms with van der Waals surface area (Å²) in [6, 6.07) is 0. The first-order valence-corrected chi connectivity index (χ1v) is 8.92. The van der Waals surface area contributed by atoms with Gasteiger partial charge in [-0.05, 0) is 80.5 Å². The molecule has 0 heterocycles. The van der Waals surface area contributed by atoms with Gasteiger partial charge in [0, 0.05) is 0 Å². The molecule has 0 aromatic rings. The molecule has 0 amide bonds. The first-order chi connectivity index (χ1) is 9.56. The Morgan fingerprint density at radius 3 is 2.65 bits per heavy atom. The molecule has 0 aromatic heterocycles. The minimum absolute atomic E-state index is 0.539. The van der Waals surface area contributed by atoms with Gasteiger partial charge >= 0.3 is 0 Å². The van der Waals surface area contributed by atoms with E-state index in [1.54, 1.807) is 5.57 Å². The molecule has 0 bridgehead atoms. The lowest BCUT2D eigenvalue weighted by Gasteiger charge is -2.57. The highest BCUT2D eigenvalue weighted by molar-refractivity contribution is 5.28. The van der Waals surface area contributed by atoms with E-state index in [4.69, 9.17) is 0 Å². The van der Waals surface area contributed by atoms with Crippen molar-refractivity contribution in [3.8, 4) is 0 Å². The van der Waals surface area contributed by atoms with Crippen LogP contribution in [0.3, 0.4) is 0 Å². The van der Waals surface area contributed by atoms with Gasteiger partial charge in [0.15, 0.2) is 0 Å². The topological polar surface area (TPSA) is 0 Å². The molecule has 110 valence electrons. The zero-order valence-electron chi connectivity index (χ0n) is 13.5. The van der Waals surface area contributed by atoms with Crippen LogP contribution in [0.2, 0.25) is 0 Å². The monoisotopic (exact) mass is 270 g/mol. The lowest BCUT2D eigenvalue weighted by Crippen LogP contribution is -2.48. The zero-order chi connectivity index (χ0) is 14.0. The highest BCUT2D eigenvalue weighted by atomic mass is 14.6. The minimum atomic E-state index is 0.539. The molecule has 0 aliphatic heterocycles. The molecule has 4 aliphatic carbocycles. The van der Waals surface area contributed by atoms with Gasteiger partial charge in [-0.2, -0.15) is 0 Å². The van der Waals surface area contributed by atoms with Gasteiger partial charge in [0.1, 0.15) is 0 Å². The zero-order valence-corrected chi connectivity index (χ0v) is 13.5. The minimum Gasteiger partial charge on any atom is -0.0847 e. The number of hydrogen-bond acceptors (Lipinski definition) is 0. The third-order valence-electron chi connectivity index (χ3n) is 7.99. The fraction of sp³-hybridized carbons (Fsp3) is 0.800. The van der Waals surface area contributed by atoms with Gasteiger partial charge in [-0.15, -0.1) is 0 Å². The van der Waals surface area contributed by atoms with Crippen LogP contribution >= 0.6 is 0 Å². The molecule has 0 nitrogen and oxygen atoms in total. The van der Waals surface area contributed by atoms with Crippen molar-refractivity contribution in [1.29, 1.82) is 0 Å². The van der Waals surface area contributed by atoms with Gasteiger partial charge in [-0.3, -0.25) is 0 Å². The van der Waals surface area contributed by atoms with Crippen LogP contribution in [0.1, 0.15) is 72.1 Å². The molecule has 0 aromatic carbocycles. The number of rotatable bonds is 0. The number of allylic oxidation sites excluding steroid dienone is 4. The fourth-order valence-electron chi connectivity index (χ4n) is 6.48. The molecule has 2 fully saturated rings. The summed E-state index contributed by atoms with van der Waals surface area (Å²) in [6.45, 7) is 7.58. The molecule has 4 rings (SSSR count). The predicted molar refractivity (Wildman–Crippen MR) is 85.5 cm³/mol. The summed E-state index contributed by atoms with van der Waals surface area (Å²) >= 11 is 0. The van der Waals surface area contributed by atoms with E-state index >= 15 is 0 Å². The largest absolute Gasteiger partial charge is 0.0847 e. The van der Waals surface area contributed by atoms with E-state index in [9.17, 15) is 0 Å². The van der Waals surface area contributed by atoms with Crippen LogP contribution in [-0.2, 0) is 0 Å². The second-order valence-corrected chi connectivity index (χ2v) is 8.55. The van der Waals surface area contributed by atoms with Crippen LogP contribution in [0.5, 0.6) is 0 Å². The standard InChI is InChI=1S/C20H30/c1-14-7-10-17-16-9-8-15-6-4-5-12-20(15,3)18(16)11-13-19(14,17)2/h7-8,16-18H,4-6,9-13H2,1-3H3. The van der Waals surface area contributed by atoms with Crippen LogP contribution < -0.4 is 0 Å². The lowest BCUT2D eigenvalue weighted by molar-refractivity contribution is -0.0166. The van der Waals surface area contributed by atoms with Crippen molar-refractivity contribution < 1.29 is 0 Å². The Hall–Kier alpha value is -0.520. The Balaban J connectivity index is 1.70. The van der Waals surface area contributed by atoms with Crippen molar-refractivity contribution in [3.05, 3.63) is 23.3 Å². The van der Waals surface area contributed by atoms with Crippen LogP contribution in [0.4, 0.5) is 0 Å². The number of fused-ring (bicyclic) bond motifs is 5. The van der Waals surface area contributed by atoms with Crippen molar-refractivity contribution in [2.45, 2.75) is 72.1 Å². The Morgan fingerprint density at radius 2 is 1.80 bits per heavy atom. The van der Waals surface area contributed by atoms with Crippen LogP contribution in [0.15, 0.2) is 23.3 Å². The van der Waals surface area contributed by atoms with Gasteiger partial charge in [0.05, 0.1) is 0 Å². The maximum absolute atomic E-state index is 2.68. The van der Waals surface area contributed by atoms with Crippen molar-refractivity contribution in [1.82, 2.24) is 0 Å². The van der Waals surface area contributed by atoms with Gasteiger partial charge in [-0.1, -0.05) is 43.6 Å². The SMILES string of the molecule is CC1=CCC2C3CC=C4CCCCC4(C)C3CCC12C. The molecule has 5 atom stereocenters. The fourth-order valence-corrected chi connectivity index (χ4v) is 6.48. The van der Waals surface area contributed by atoms with E-state index in [2.05, 4.69) is 32.9 Å². The first-order valence-electron chi connectivity index (χ1n) is 8.92. The molecular weight excluding hydrogens is 240 g/mol. The maximum atomic E-state index is 2.68. The lowest BCUT2D eigenvalue weighted by atomic mass is 9.47. The molecule has 4 aliphatic rings. The molecule has 0 spiro atoms. The van der Waals surface area contributed by atoms with Crippen molar-refractivity contribution in [2.24, 2.45) is 28.6 Å². The highest BCUT2D eigenvalue weighted by Gasteiger charge is 2.55. The molecule has 0 heteroatoms. The van der Waals surface area contributed by atoms with Crippen molar-refractivity contribution in [2.75, 3.05) is 0 Å². The average Bonchev–Trinajstić information content (AvgIpc) is 2.74. The van der Waals surface area contributed by atoms with E-state index in [1.807, 2.05) is 5.57 Å². The third-order valence-corrected chi connectivity index (χ3v) is 7.99. The Bertz CT molecular complexity index is 482. The Kier molecular flexibility index (Phi) is 2.79. The van der Waals surface area contributed by atoms with Gasteiger partial charge in [0.25, 0.3) is 0 Å². The summed E-state index contributed by atoms with van der Waals surface area (Å²) in [6.07, 6.45) is 16.7. The van der Waals surface area contributed by atoms with Crippen LogP contribution in [-0.4, -0.2) is 0 Å². The smallest absolute Gasteiger partial charge is 0.00850 e. The summed E-state index contributed by atoms with van der Waals surface area (Å²) in [5.74, 6) is 2.90. The Morgan fingerprint density at radius 1 is 0.950 bits per heavy atom.